The summed E-state index contributed by atoms with van der Waals surface area (Å²) in [5.74, 6) is 0. The van der Waals surface area contributed by atoms with Crippen LogP contribution in [0.3, 0.4) is 0 Å². The molecule has 0 saturated carbocycles. The van der Waals surface area contributed by atoms with Crippen LogP contribution in [-0.2, 0) is 4.74 Å². The molecule has 1 aliphatic rings. The summed E-state index contributed by atoms with van der Waals surface area (Å²) in [5, 5.41) is 9.34. The van der Waals surface area contributed by atoms with Crippen molar-refractivity contribution in [3.05, 3.63) is 0 Å². The van der Waals surface area contributed by atoms with Crippen molar-refractivity contribution in [2.75, 3.05) is 0 Å². The maximum Gasteiger partial charge on any atom is 0.155 e. The highest BCUT2D eigenvalue weighted by molar-refractivity contribution is 4.81. The maximum absolute atomic E-state index is 9.34. The first-order chi connectivity index (χ1) is 7.66. The Kier molecular flexibility index (Phi) is 6.37. The lowest BCUT2D eigenvalue weighted by atomic mass is 9.94. The fourth-order valence-corrected chi connectivity index (χ4v) is 2.52. The number of aliphatic hydroxyl groups is 1. The molecule has 1 aliphatic heterocycles. The first kappa shape index (κ1) is 14.0. The lowest BCUT2D eigenvalue weighted by Crippen LogP contribution is -2.24. The van der Waals surface area contributed by atoms with E-state index in [4.69, 9.17) is 4.74 Å². The van der Waals surface area contributed by atoms with E-state index >= 15 is 0 Å². The van der Waals surface area contributed by atoms with Gasteiger partial charge in [0.15, 0.2) is 6.29 Å². The Morgan fingerprint density at radius 2 is 1.75 bits per heavy atom. The van der Waals surface area contributed by atoms with Gasteiger partial charge >= 0.3 is 0 Å². The van der Waals surface area contributed by atoms with Gasteiger partial charge in [-0.1, -0.05) is 51.9 Å². The smallest absolute Gasteiger partial charge is 0.155 e. The Morgan fingerprint density at radius 1 is 1.12 bits per heavy atom. The molecule has 0 amide bonds. The lowest BCUT2D eigenvalue weighted by molar-refractivity contribution is -0.133. The van der Waals surface area contributed by atoms with Gasteiger partial charge in [-0.2, -0.15) is 0 Å². The molecule has 2 nitrogen and oxygen atoms in total. The van der Waals surface area contributed by atoms with Gasteiger partial charge in [0.25, 0.3) is 0 Å². The minimum Gasteiger partial charge on any atom is -0.368 e. The van der Waals surface area contributed by atoms with Gasteiger partial charge in [-0.05, 0) is 19.8 Å². The number of unbranched alkanes of at least 4 members (excludes halogenated alkanes) is 6. The average molecular weight is 228 g/mol. The lowest BCUT2D eigenvalue weighted by Gasteiger charge is -2.23. The standard InChI is InChI=1S/C14H28O2/c1-3-4-5-6-7-8-9-11-14(2)12-10-13(15)16-14/h13,15H,3-12H2,1-2H3. The molecule has 1 fully saturated rings. The molecule has 2 unspecified atom stereocenters. The van der Waals surface area contributed by atoms with E-state index in [2.05, 4.69) is 13.8 Å². The highest BCUT2D eigenvalue weighted by Gasteiger charge is 2.34. The van der Waals surface area contributed by atoms with E-state index in [-0.39, 0.29) is 5.60 Å². The van der Waals surface area contributed by atoms with Crippen LogP contribution in [0.2, 0.25) is 0 Å². The summed E-state index contributed by atoms with van der Waals surface area (Å²) in [5.41, 5.74) is -0.0389. The molecule has 0 radical (unpaired) electrons. The van der Waals surface area contributed by atoms with Crippen molar-refractivity contribution in [3.63, 3.8) is 0 Å². The Bertz CT molecular complexity index is 182. The Balaban J connectivity index is 1.94. The van der Waals surface area contributed by atoms with Gasteiger partial charge in [0, 0.05) is 6.42 Å². The van der Waals surface area contributed by atoms with Crippen LogP contribution in [0.15, 0.2) is 0 Å². The van der Waals surface area contributed by atoms with Crippen LogP contribution in [0.25, 0.3) is 0 Å². The summed E-state index contributed by atoms with van der Waals surface area (Å²) >= 11 is 0. The number of hydrogen-bond donors (Lipinski definition) is 1. The largest absolute Gasteiger partial charge is 0.368 e. The van der Waals surface area contributed by atoms with Crippen LogP contribution in [0.4, 0.5) is 0 Å². The van der Waals surface area contributed by atoms with E-state index in [0.29, 0.717) is 0 Å². The van der Waals surface area contributed by atoms with Gasteiger partial charge in [0.1, 0.15) is 0 Å². The number of rotatable bonds is 8. The molecule has 0 bridgehead atoms. The monoisotopic (exact) mass is 228 g/mol. The maximum atomic E-state index is 9.34. The fourth-order valence-electron chi connectivity index (χ4n) is 2.52. The van der Waals surface area contributed by atoms with E-state index in [9.17, 15) is 5.11 Å². The van der Waals surface area contributed by atoms with Crippen molar-refractivity contribution in [1.82, 2.24) is 0 Å². The van der Waals surface area contributed by atoms with E-state index < -0.39 is 6.29 Å². The molecule has 1 N–H and O–H groups in total. The van der Waals surface area contributed by atoms with Crippen molar-refractivity contribution < 1.29 is 9.84 Å². The molecular weight excluding hydrogens is 200 g/mol. The average Bonchev–Trinajstić information content (AvgIpc) is 2.58. The van der Waals surface area contributed by atoms with Crippen molar-refractivity contribution in [1.29, 1.82) is 0 Å². The molecule has 16 heavy (non-hydrogen) atoms. The predicted molar refractivity (Wildman–Crippen MR) is 67.3 cm³/mol. The minimum absolute atomic E-state index is 0.0389. The molecule has 1 heterocycles. The molecule has 1 rings (SSSR count). The first-order valence-corrected chi connectivity index (χ1v) is 7.02. The Hall–Kier alpha value is -0.0800. The third-order valence-corrected chi connectivity index (χ3v) is 3.65. The Labute approximate surface area is 100 Å². The quantitative estimate of drug-likeness (QED) is 0.636. The van der Waals surface area contributed by atoms with Crippen LogP contribution in [0.1, 0.15) is 78.1 Å². The summed E-state index contributed by atoms with van der Waals surface area (Å²) in [4.78, 5) is 0. The molecule has 1 saturated heterocycles. The van der Waals surface area contributed by atoms with Crippen LogP contribution in [0, 0.1) is 0 Å². The second-order valence-electron chi connectivity index (χ2n) is 5.43. The summed E-state index contributed by atoms with van der Waals surface area (Å²) in [6.45, 7) is 4.39. The van der Waals surface area contributed by atoms with Gasteiger partial charge in [-0.3, -0.25) is 0 Å². The highest BCUT2D eigenvalue weighted by atomic mass is 16.6. The van der Waals surface area contributed by atoms with Crippen molar-refractivity contribution in [3.8, 4) is 0 Å². The van der Waals surface area contributed by atoms with Gasteiger partial charge < -0.3 is 9.84 Å². The fraction of sp³-hybridized carbons (Fsp3) is 1.00. The van der Waals surface area contributed by atoms with Crippen molar-refractivity contribution in [2.45, 2.75) is 89.9 Å². The SMILES string of the molecule is CCCCCCCCCC1(C)CCC(O)O1. The predicted octanol–water partition coefficient (Wildman–Crippen LogP) is 4.01. The van der Waals surface area contributed by atoms with E-state index in [1.807, 2.05) is 0 Å². The molecule has 2 heteroatoms. The highest BCUT2D eigenvalue weighted by Crippen LogP contribution is 2.33. The molecule has 96 valence electrons. The zero-order valence-corrected chi connectivity index (χ0v) is 11.0. The van der Waals surface area contributed by atoms with Gasteiger partial charge in [-0.25, -0.2) is 0 Å². The summed E-state index contributed by atoms with van der Waals surface area (Å²) in [6.07, 6.45) is 11.8. The minimum atomic E-state index is -0.505. The summed E-state index contributed by atoms with van der Waals surface area (Å²) in [6, 6.07) is 0. The molecule has 2 atom stereocenters. The molecule has 0 aliphatic carbocycles. The zero-order chi connectivity index (χ0) is 11.9. The zero-order valence-electron chi connectivity index (χ0n) is 11.0. The molecule has 0 aromatic rings. The Morgan fingerprint density at radius 3 is 2.31 bits per heavy atom. The second-order valence-corrected chi connectivity index (χ2v) is 5.43. The first-order valence-electron chi connectivity index (χ1n) is 7.02. The van der Waals surface area contributed by atoms with Gasteiger partial charge in [-0.15, -0.1) is 0 Å². The summed E-state index contributed by atoms with van der Waals surface area (Å²) < 4.78 is 5.55. The second kappa shape index (κ2) is 7.29. The van der Waals surface area contributed by atoms with E-state index in [0.717, 1.165) is 19.3 Å². The number of hydrogen-bond acceptors (Lipinski definition) is 2. The normalized spacial score (nSPS) is 29.8. The third-order valence-electron chi connectivity index (χ3n) is 3.65. The summed E-state index contributed by atoms with van der Waals surface area (Å²) in [7, 11) is 0. The molecular formula is C14H28O2. The molecule has 0 spiro atoms. The van der Waals surface area contributed by atoms with Crippen molar-refractivity contribution >= 4 is 0 Å². The third kappa shape index (κ3) is 5.31. The number of ether oxygens (including phenoxy) is 1. The van der Waals surface area contributed by atoms with E-state index in [1.165, 1.54) is 44.9 Å². The number of aliphatic hydroxyl groups excluding tert-OH is 1. The molecule has 0 aromatic carbocycles. The molecule has 0 aromatic heterocycles. The van der Waals surface area contributed by atoms with Crippen LogP contribution in [0.5, 0.6) is 0 Å². The van der Waals surface area contributed by atoms with Gasteiger partial charge in [0.2, 0.25) is 0 Å². The van der Waals surface area contributed by atoms with Crippen LogP contribution >= 0.6 is 0 Å². The van der Waals surface area contributed by atoms with Crippen LogP contribution in [-0.4, -0.2) is 17.0 Å². The topological polar surface area (TPSA) is 29.5 Å². The van der Waals surface area contributed by atoms with Crippen LogP contribution < -0.4 is 0 Å². The van der Waals surface area contributed by atoms with Gasteiger partial charge in [0.05, 0.1) is 5.60 Å². The van der Waals surface area contributed by atoms with E-state index in [1.54, 1.807) is 0 Å². The van der Waals surface area contributed by atoms with Crippen molar-refractivity contribution in [2.24, 2.45) is 0 Å².